The molecule has 0 saturated heterocycles. The maximum atomic E-state index is 5.87. The van der Waals surface area contributed by atoms with Crippen LogP contribution in [0.1, 0.15) is 63.5 Å². The van der Waals surface area contributed by atoms with Crippen LogP contribution in [0.25, 0.3) is 0 Å². The summed E-state index contributed by atoms with van der Waals surface area (Å²) in [6.07, 6.45) is 7.89. The lowest BCUT2D eigenvalue weighted by Gasteiger charge is -2.13. The van der Waals surface area contributed by atoms with Gasteiger partial charge in [0, 0.05) is 0 Å². The van der Waals surface area contributed by atoms with Gasteiger partial charge < -0.3 is 4.74 Å². The van der Waals surface area contributed by atoms with Crippen molar-refractivity contribution in [2.75, 3.05) is 6.61 Å². The van der Waals surface area contributed by atoms with Gasteiger partial charge in [0.25, 0.3) is 0 Å². The van der Waals surface area contributed by atoms with Crippen molar-refractivity contribution < 1.29 is 4.74 Å². The van der Waals surface area contributed by atoms with Gasteiger partial charge in [0.2, 0.25) is 0 Å². The zero-order chi connectivity index (χ0) is 14.1. The van der Waals surface area contributed by atoms with E-state index in [2.05, 4.69) is 45.5 Å². The van der Waals surface area contributed by atoms with Crippen LogP contribution >= 0.6 is 0 Å². The molecule has 106 valence electrons. The monoisotopic (exact) mass is 260 g/mol. The molecule has 1 atom stereocenters. The van der Waals surface area contributed by atoms with Crippen LogP contribution in [0.5, 0.6) is 5.75 Å². The molecule has 1 nitrogen and oxygen atoms in total. The molecule has 1 heteroatoms. The van der Waals surface area contributed by atoms with E-state index >= 15 is 0 Å². The van der Waals surface area contributed by atoms with Crippen molar-refractivity contribution >= 4 is 0 Å². The smallest absolute Gasteiger partial charge is 0.119 e. The maximum absolute atomic E-state index is 5.87. The molecule has 1 aromatic rings. The molecular weight excluding hydrogens is 232 g/mol. The molecule has 0 radical (unpaired) electrons. The lowest BCUT2D eigenvalue weighted by atomic mass is 9.97. The van der Waals surface area contributed by atoms with Gasteiger partial charge >= 0.3 is 0 Å². The fourth-order valence-corrected chi connectivity index (χ4v) is 2.03. The highest BCUT2D eigenvalue weighted by atomic mass is 16.5. The molecule has 0 saturated carbocycles. The van der Waals surface area contributed by atoms with E-state index in [1.165, 1.54) is 30.4 Å². The Hall–Kier alpha value is -1.24. The van der Waals surface area contributed by atoms with Gasteiger partial charge in [-0.25, -0.2) is 0 Å². The third-order valence-corrected chi connectivity index (χ3v) is 3.45. The van der Waals surface area contributed by atoms with Gasteiger partial charge in [-0.2, -0.15) is 0 Å². The highest BCUT2D eigenvalue weighted by Gasteiger charge is 2.06. The van der Waals surface area contributed by atoms with Crippen LogP contribution in [-0.2, 0) is 6.42 Å². The van der Waals surface area contributed by atoms with Crippen LogP contribution in [0.3, 0.4) is 0 Å². The Morgan fingerprint density at radius 2 is 1.89 bits per heavy atom. The maximum Gasteiger partial charge on any atom is 0.119 e. The number of ether oxygens (including phenoxy) is 1. The highest BCUT2D eigenvalue weighted by molar-refractivity contribution is 5.37. The number of hydrogen-bond acceptors (Lipinski definition) is 1. The van der Waals surface area contributed by atoms with E-state index in [-0.39, 0.29) is 0 Å². The number of benzene rings is 1. The Kier molecular flexibility index (Phi) is 7.32. The molecule has 0 aliphatic rings. The predicted octanol–water partition coefficient (Wildman–Crippen LogP) is 5.50. The van der Waals surface area contributed by atoms with E-state index in [4.69, 9.17) is 4.74 Å². The largest absolute Gasteiger partial charge is 0.494 e. The summed E-state index contributed by atoms with van der Waals surface area (Å²) in [5, 5.41) is 0. The quantitative estimate of drug-likeness (QED) is 0.421. The van der Waals surface area contributed by atoms with Crippen molar-refractivity contribution in [1.29, 1.82) is 0 Å². The van der Waals surface area contributed by atoms with Gasteiger partial charge in [-0.15, -0.1) is 6.58 Å². The summed E-state index contributed by atoms with van der Waals surface area (Å²) in [6, 6.07) is 6.66. The normalized spacial score (nSPS) is 12.2. The highest BCUT2D eigenvalue weighted by Crippen LogP contribution is 2.25. The zero-order valence-electron chi connectivity index (χ0n) is 12.7. The van der Waals surface area contributed by atoms with E-state index in [0.29, 0.717) is 5.92 Å². The number of allylic oxidation sites excluding steroid dienone is 1. The van der Waals surface area contributed by atoms with E-state index in [9.17, 15) is 0 Å². The van der Waals surface area contributed by atoms with Crippen LogP contribution in [0.15, 0.2) is 30.9 Å². The minimum atomic E-state index is 0.384. The average molecular weight is 260 g/mol. The lowest BCUT2D eigenvalue weighted by Crippen LogP contribution is -2.00. The summed E-state index contributed by atoms with van der Waals surface area (Å²) in [5.74, 6) is 1.40. The number of rotatable bonds is 9. The third kappa shape index (κ3) is 5.50. The fourth-order valence-electron chi connectivity index (χ4n) is 2.03. The second kappa shape index (κ2) is 8.79. The first kappa shape index (κ1) is 15.8. The van der Waals surface area contributed by atoms with Crippen molar-refractivity contribution in [3.05, 3.63) is 42.0 Å². The Labute approximate surface area is 118 Å². The second-order valence-electron chi connectivity index (χ2n) is 5.24. The van der Waals surface area contributed by atoms with Crippen molar-refractivity contribution in [2.24, 2.45) is 0 Å². The van der Waals surface area contributed by atoms with Gasteiger partial charge in [-0.05, 0) is 48.4 Å². The lowest BCUT2D eigenvalue weighted by molar-refractivity contribution is 0.308. The molecule has 1 rings (SSSR count). The topological polar surface area (TPSA) is 9.23 Å². The summed E-state index contributed by atoms with van der Waals surface area (Å²) in [6.45, 7) is 11.3. The Balaban J connectivity index is 2.85. The molecule has 0 spiro atoms. The van der Waals surface area contributed by atoms with Crippen molar-refractivity contribution in [3.63, 3.8) is 0 Å². The minimum Gasteiger partial charge on any atom is -0.494 e. The molecule has 0 aromatic heterocycles. The second-order valence-corrected chi connectivity index (χ2v) is 5.24. The summed E-state index contributed by atoms with van der Waals surface area (Å²) in [4.78, 5) is 0. The molecule has 1 unspecified atom stereocenters. The minimum absolute atomic E-state index is 0.384. The summed E-state index contributed by atoms with van der Waals surface area (Å²) >= 11 is 0. The average Bonchev–Trinajstić information content (AvgIpc) is 2.44. The predicted molar refractivity (Wildman–Crippen MR) is 84.1 cm³/mol. The number of aryl methyl sites for hydroxylation is 1. The Morgan fingerprint density at radius 3 is 2.53 bits per heavy atom. The summed E-state index contributed by atoms with van der Waals surface area (Å²) in [7, 11) is 0. The molecule has 0 N–H and O–H groups in total. The molecule has 0 aliphatic heterocycles. The first-order chi connectivity index (χ1) is 9.21. The summed E-state index contributed by atoms with van der Waals surface area (Å²) in [5.41, 5.74) is 2.70. The Morgan fingerprint density at radius 1 is 1.16 bits per heavy atom. The standard InChI is InChI=1S/C18H28O/c1-5-8-10-16-12-17(15(4)7-3)14-18(13-16)19-11-9-6-2/h7,12-15H,3,5-6,8-11H2,1-2,4H3. The van der Waals surface area contributed by atoms with Crippen molar-refractivity contribution in [1.82, 2.24) is 0 Å². The SMILES string of the molecule is C=CC(C)c1cc(CCCC)cc(OCCCC)c1. The fraction of sp³-hybridized carbons (Fsp3) is 0.556. The molecule has 0 heterocycles. The first-order valence-corrected chi connectivity index (χ1v) is 7.60. The molecule has 19 heavy (non-hydrogen) atoms. The van der Waals surface area contributed by atoms with Crippen LogP contribution in [0.2, 0.25) is 0 Å². The van der Waals surface area contributed by atoms with Crippen molar-refractivity contribution in [2.45, 2.75) is 58.8 Å². The van der Waals surface area contributed by atoms with Gasteiger partial charge in [0.05, 0.1) is 6.61 Å². The van der Waals surface area contributed by atoms with E-state index in [1.54, 1.807) is 0 Å². The number of unbranched alkanes of at least 4 members (excludes halogenated alkanes) is 2. The molecule has 0 fully saturated rings. The van der Waals surface area contributed by atoms with E-state index in [1.807, 2.05) is 6.08 Å². The van der Waals surface area contributed by atoms with E-state index < -0.39 is 0 Å². The molecule has 0 aliphatic carbocycles. The van der Waals surface area contributed by atoms with Crippen LogP contribution in [0.4, 0.5) is 0 Å². The molecule has 0 amide bonds. The van der Waals surface area contributed by atoms with Crippen molar-refractivity contribution in [3.8, 4) is 5.75 Å². The van der Waals surface area contributed by atoms with E-state index in [0.717, 1.165) is 25.2 Å². The number of hydrogen-bond donors (Lipinski definition) is 0. The van der Waals surface area contributed by atoms with Crippen LogP contribution in [-0.4, -0.2) is 6.61 Å². The summed E-state index contributed by atoms with van der Waals surface area (Å²) < 4.78 is 5.87. The van der Waals surface area contributed by atoms with Gasteiger partial charge in [-0.3, -0.25) is 0 Å². The first-order valence-electron chi connectivity index (χ1n) is 7.60. The van der Waals surface area contributed by atoms with Crippen LogP contribution < -0.4 is 4.74 Å². The third-order valence-electron chi connectivity index (χ3n) is 3.45. The molecular formula is C18H28O. The van der Waals surface area contributed by atoms with Gasteiger partial charge in [0.1, 0.15) is 5.75 Å². The Bertz CT molecular complexity index is 381. The van der Waals surface area contributed by atoms with Crippen LogP contribution in [0, 0.1) is 0 Å². The van der Waals surface area contributed by atoms with Gasteiger partial charge in [0.15, 0.2) is 0 Å². The zero-order valence-corrected chi connectivity index (χ0v) is 12.7. The molecule has 1 aromatic carbocycles. The molecule has 0 bridgehead atoms. The van der Waals surface area contributed by atoms with Gasteiger partial charge in [-0.1, -0.05) is 45.8 Å².